The fourth-order valence-corrected chi connectivity index (χ4v) is 2.78. The number of hydrogen-bond donors (Lipinski definition) is 1. The van der Waals surface area contributed by atoms with Crippen LogP contribution in [-0.2, 0) is 17.4 Å². The first-order valence-electron chi connectivity index (χ1n) is 6.51. The number of pyridine rings is 1. The molecule has 20 heavy (non-hydrogen) atoms. The summed E-state index contributed by atoms with van der Waals surface area (Å²) in [5.74, 6) is 0. The van der Waals surface area contributed by atoms with Crippen molar-refractivity contribution in [2.45, 2.75) is 44.8 Å². The fraction of sp³-hybridized carbons (Fsp3) is 0.571. The molecule has 5 nitrogen and oxygen atoms in total. The largest absolute Gasteiger partial charge is 0.438 e. The maximum absolute atomic E-state index is 11.9. The summed E-state index contributed by atoms with van der Waals surface area (Å²) in [5.41, 5.74) is -0.391. The molecule has 0 radical (unpaired) electrons. The van der Waals surface area contributed by atoms with Crippen LogP contribution >= 0.6 is 15.9 Å². The molecule has 1 aliphatic rings. The van der Waals surface area contributed by atoms with Crippen LogP contribution in [0.2, 0.25) is 0 Å². The summed E-state index contributed by atoms with van der Waals surface area (Å²) in [7, 11) is 1.68. The molecular formula is C14H19BrN2O3. The number of nitrogens with one attached hydrogen (secondary N) is 1. The first-order valence-corrected chi connectivity index (χ1v) is 7.30. The van der Waals surface area contributed by atoms with Crippen molar-refractivity contribution in [3.05, 3.63) is 32.7 Å². The lowest BCUT2D eigenvalue weighted by atomic mass is 10.1. The van der Waals surface area contributed by atoms with Crippen LogP contribution in [0, 0.1) is 0 Å². The number of carbonyl (C=O) groups excluding carboxylic acids is 1. The molecule has 0 aromatic carbocycles. The van der Waals surface area contributed by atoms with E-state index in [1.165, 1.54) is 10.6 Å². The van der Waals surface area contributed by atoms with E-state index in [-0.39, 0.29) is 11.1 Å². The number of carbonyl (C=O) groups is 1. The quantitative estimate of drug-likeness (QED) is 0.898. The number of amides is 1. The number of nitrogens with zero attached hydrogens (tertiary/aromatic N) is 1. The Morgan fingerprint density at radius 1 is 1.45 bits per heavy atom. The second-order valence-corrected chi connectivity index (χ2v) is 7.10. The molecule has 1 aliphatic carbocycles. The molecule has 1 amide bonds. The van der Waals surface area contributed by atoms with Gasteiger partial charge in [-0.3, -0.25) is 4.79 Å². The van der Waals surface area contributed by atoms with Crippen molar-refractivity contribution >= 4 is 22.0 Å². The number of aromatic nitrogens is 1. The van der Waals surface area contributed by atoms with Crippen molar-refractivity contribution in [1.82, 2.24) is 9.88 Å². The van der Waals surface area contributed by atoms with E-state index in [9.17, 15) is 9.59 Å². The molecule has 1 N–H and O–H groups in total. The van der Waals surface area contributed by atoms with Gasteiger partial charge in [0.25, 0.3) is 5.56 Å². The molecule has 2 rings (SSSR count). The topological polar surface area (TPSA) is 60.3 Å². The zero-order valence-corrected chi connectivity index (χ0v) is 13.7. The Morgan fingerprint density at radius 3 is 2.55 bits per heavy atom. The van der Waals surface area contributed by atoms with Crippen LogP contribution in [0.5, 0.6) is 0 Å². The van der Waals surface area contributed by atoms with Crippen molar-refractivity contribution in [2.75, 3.05) is 0 Å². The van der Waals surface area contributed by atoms with Gasteiger partial charge in [0.05, 0.1) is 0 Å². The van der Waals surface area contributed by atoms with Gasteiger partial charge in [-0.2, -0.15) is 0 Å². The van der Waals surface area contributed by atoms with E-state index in [1.807, 2.05) is 20.8 Å². The first-order chi connectivity index (χ1) is 9.13. The minimum Gasteiger partial charge on any atom is -0.438 e. The molecule has 1 fully saturated rings. The van der Waals surface area contributed by atoms with E-state index < -0.39 is 11.7 Å². The minimum atomic E-state index is -0.665. The molecule has 6 heteroatoms. The summed E-state index contributed by atoms with van der Waals surface area (Å²) in [6.07, 6.45) is 2.71. The molecule has 0 saturated heterocycles. The van der Waals surface area contributed by atoms with Gasteiger partial charge >= 0.3 is 6.09 Å². The molecule has 1 aromatic heterocycles. The molecule has 0 spiro atoms. The Labute approximate surface area is 126 Å². The molecule has 1 aromatic rings. The van der Waals surface area contributed by atoms with Crippen molar-refractivity contribution in [3.8, 4) is 0 Å². The number of ether oxygens (including phenoxy) is 1. The van der Waals surface area contributed by atoms with Gasteiger partial charge in [0, 0.05) is 34.9 Å². The summed E-state index contributed by atoms with van der Waals surface area (Å²) in [5, 5.41) is 2.77. The Balaban J connectivity index is 2.22. The highest BCUT2D eigenvalue weighted by atomic mass is 79.9. The third-order valence-corrected chi connectivity index (χ3v) is 3.77. The smallest absolute Gasteiger partial charge is 0.408 e. The number of alkyl carbamates (subject to hydrolysis) is 1. The van der Waals surface area contributed by atoms with Crippen LogP contribution in [0.15, 0.2) is 21.5 Å². The standard InChI is InChI=1S/C14H19BrN2O3/c1-13(2,3)16-12(19)20-14(5-6-14)9-7-11(18)17(4)8-10(9)15/h7-8H,5-6H2,1-4H3,(H,16,19). The van der Waals surface area contributed by atoms with Crippen molar-refractivity contribution in [3.63, 3.8) is 0 Å². The molecular weight excluding hydrogens is 324 g/mol. The predicted octanol–water partition coefficient (Wildman–Crippen LogP) is 2.66. The normalized spacial score (nSPS) is 16.6. The van der Waals surface area contributed by atoms with Gasteiger partial charge < -0.3 is 14.6 Å². The highest BCUT2D eigenvalue weighted by Gasteiger charge is 2.50. The average Bonchev–Trinajstić information content (AvgIpc) is 3.01. The Hall–Kier alpha value is -1.30. The molecule has 0 unspecified atom stereocenters. The maximum Gasteiger partial charge on any atom is 0.408 e. The highest BCUT2D eigenvalue weighted by Crippen LogP contribution is 2.51. The van der Waals surface area contributed by atoms with E-state index in [1.54, 1.807) is 13.2 Å². The average molecular weight is 343 g/mol. The highest BCUT2D eigenvalue weighted by molar-refractivity contribution is 9.10. The second kappa shape index (κ2) is 4.91. The Morgan fingerprint density at radius 2 is 2.05 bits per heavy atom. The zero-order valence-electron chi connectivity index (χ0n) is 12.1. The molecule has 110 valence electrons. The van der Waals surface area contributed by atoms with Gasteiger partial charge in [0.2, 0.25) is 0 Å². The van der Waals surface area contributed by atoms with Crippen LogP contribution < -0.4 is 10.9 Å². The maximum atomic E-state index is 11.9. The molecule has 1 saturated carbocycles. The lowest BCUT2D eigenvalue weighted by molar-refractivity contribution is 0.0749. The van der Waals surface area contributed by atoms with Gasteiger partial charge in [-0.25, -0.2) is 4.79 Å². The van der Waals surface area contributed by atoms with Crippen molar-refractivity contribution < 1.29 is 9.53 Å². The lowest BCUT2D eigenvalue weighted by Crippen LogP contribution is -2.42. The Bertz CT molecular complexity index is 597. The third kappa shape index (κ3) is 3.23. The van der Waals surface area contributed by atoms with Crippen molar-refractivity contribution in [1.29, 1.82) is 0 Å². The van der Waals surface area contributed by atoms with E-state index in [2.05, 4.69) is 21.2 Å². The third-order valence-electron chi connectivity index (χ3n) is 3.14. The summed E-state index contributed by atoms with van der Waals surface area (Å²) in [6.45, 7) is 5.67. The van der Waals surface area contributed by atoms with Gasteiger partial charge in [-0.1, -0.05) is 0 Å². The molecule has 0 bridgehead atoms. The monoisotopic (exact) mass is 342 g/mol. The summed E-state index contributed by atoms with van der Waals surface area (Å²) in [4.78, 5) is 23.7. The summed E-state index contributed by atoms with van der Waals surface area (Å²) >= 11 is 3.44. The lowest BCUT2D eigenvalue weighted by Gasteiger charge is -2.24. The van der Waals surface area contributed by atoms with E-state index in [0.717, 1.165) is 22.9 Å². The van der Waals surface area contributed by atoms with Crippen LogP contribution in [0.3, 0.4) is 0 Å². The van der Waals surface area contributed by atoms with Gasteiger partial charge in [0.15, 0.2) is 0 Å². The second-order valence-electron chi connectivity index (χ2n) is 6.24. The number of rotatable bonds is 2. The van der Waals surface area contributed by atoms with Gasteiger partial charge in [-0.15, -0.1) is 0 Å². The molecule has 1 heterocycles. The zero-order chi connectivity index (χ0) is 15.1. The number of halogens is 1. The molecule has 0 atom stereocenters. The Kier molecular flexibility index (Phi) is 3.71. The minimum absolute atomic E-state index is 0.116. The summed E-state index contributed by atoms with van der Waals surface area (Å²) < 4.78 is 7.82. The van der Waals surface area contributed by atoms with Crippen LogP contribution in [0.1, 0.15) is 39.2 Å². The predicted molar refractivity (Wildman–Crippen MR) is 79.7 cm³/mol. The number of aryl methyl sites for hydroxylation is 1. The van der Waals surface area contributed by atoms with Crippen molar-refractivity contribution in [2.24, 2.45) is 7.05 Å². The summed E-state index contributed by atoms with van der Waals surface area (Å²) in [6, 6.07) is 1.53. The number of hydrogen-bond acceptors (Lipinski definition) is 3. The van der Waals surface area contributed by atoms with Gasteiger partial charge in [0.1, 0.15) is 5.60 Å². The van der Waals surface area contributed by atoms with E-state index in [0.29, 0.717) is 0 Å². The molecule has 0 aliphatic heterocycles. The SMILES string of the molecule is Cn1cc(Br)c(C2(OC(=O)NC(C)(C)C)CC2)cc1=O. The van der Waals surface area contributed by atoms with Crippen LogP contribution in [0.25, 0.3) is 0 Å². The first kappa shape index (κ1) is 15.1. The van der Waals surface area contributed by atoms with E-state index in [4.69, 9.17) is 4.74 Å². The van der Waals surface area contributed by atoms with Crippen LogP contribution in [0.4, 0.5) is 4.79 Å². The van der Waals surface area contributed by atoms with Gasteiger partial charge in [-0.05, 0) is 49.5 Å². The van der Waals surface area contributed by atoms with Crippen LogP contribution in [-0.4, -0.2) is 16.2 Å². The fourth-order valence-electron chi connectivity index (χ4n) is 2.00. The van der Waals surface area contributed by atoms with E-state index >= 15 is 0 Å².